The van der Waals surface area contributed by atoms with E-state index in [0.29, 0.717) is 24.5 Å². The fraction of sp³-hybridized carbons (Fsp3) is 0.462. The fourth-order valence-corrected chi connectivity index (χ4v) is 2.91. The first-order chi connectivity index (χ1) is 10.4. The van der Waals surface area contributed by atoms with Crippen LogP contribution in [0.1, 0.15) is 10.5 Å². The van der Waals surface area contributed by atoms with E-state index in [-0.39, 0.29) is 20.3 Å². The van der Waals surface area contributed by atoms with Gasteiger partial charge < -0.3 is 19.8 Å². The van der Waals surface area contributed by atoms with Crippen LogP contribution in [0.5, 0.6) is 0 Å². The van der Waals surface area contributed by atoms with E-state index < -0.39 is 5.97 Å². The van der Waals surface area contributed by atoms with Gasteiger partial charge >= 0.3 is 5.97 Å². The van der Waals surface area contributed by atoms with E-state index in [2.05, 4.69) is 43.7 Å². The maximum atomic E-state index is 11.6. The predicted molar refractivity (Wildman–Crippen MR) is 89.2 cm³/mol. The van der Waals surface area contributed by atoms with Crippen molar-refractivity contribution in [2.24, 2.45) is 0 Å². The lowest BCUT2D eigenvalue weighted by molar-refractivity contribution is 0.0595. The Kier molecular flexibility index (Phi) is 5.54. The molecule has 0 fully saturated rings. The molecule has 0 saturated heterocycles. The number of esters is 1. The largest absolute Gasteiger partial charge is 0.464 e. The summed E-state index contributed by atoms with van der Waals surface area (Å²) >= 11 is 3.41. The molecule has 0 aliphatic heterocycles. The number of carbonyl (C=O) groups excluding carboxylic acids is 1. The first-order valence-corrected chi connectivity index (χ1v) is 10.2. The number of anilines is 1. The van der Waals surface area contributed by atoms with Crippen molar-refractivity contribution in [1.29, 1.82) is 0 Å². The SMILES string of the molecule is COC(=O)c1nc2c(Br)cn(COCC[Si-](C)C)c2nc1N. The molecule has 2 N–H and O–H groups in total. The summed E-state index contributed by atoms with van der Waals surface area (Å²) in [7, 11) is 0.984. The summed E-state index contributed by atoms with van der Waals surface area (Å²) in [6.07, 6.45) is 1.81. The minimum atomic E-state index is -0.608. The minimum absolute atomic E-state index is 0.0126. The number of nitrogens with zero attached hydrogens (tertiary/aromatic N) is 3. The second-order valence-corrected chi connectivity index (χ2v) is 8.83. The lowest BCUT2D eigenvalue weighted by Crippen LogP contribution is -2.12. The normalized spacial score (nSPS) is 11.3. The molecular weight excluding hydrogens is 368 g/mol. The zero-order chi connectivity index (χ0) is 16.3. The number of rotatable bonds is 6. The van der Waals surface area contributed by atoms with E-state index in [1.807, 2.05) is 10.8 Å². The summed E-state index contributed by atoms with van der Waals surface area (Å²) in [5, 5.41) is 0. The molecule has 2 rings (SSSR count). The van der Waals surface area contributed by atoms with Crippen LogP contribution in [0, 0.1) is 0 Å². The average molecular weight is 386 g/mol. The van der Waals surface area contributed by atoms with Crippen molar-refractivity contribution >= 4 is 47.7 Å². The Morgan fingerprint density at radius 1 is 1.45 bits per heavy atom. The van der Waals surface area contributed by atoms with Gasteiger partial charge in [-0.05, 0) is 15.9 Å². The van der Waals surface area contributed by atoms with Gasteiger partial charge in [-0.1, -0.05) is 0 Å². The van der Waals surface area contributed by atoms with Crippen LogP contribution in [0.4, 0.5) is 5.82 Å². The number of halogens is 1. The number of aromatic nitrogens is 3. The highest BCUT2D eigenvalue weighted by atomic mass is 79.9. The highest BCUT2D eigenvalue weighted by molar-refractivity contribution is 9.10. The molecule has 7 nitrogen and oxygen atoms in total. The second-order valence-electron chi connectivity index (χ2n) is 5.06. The minimum Gasteiger partial charge on any atom is -0.464 e. The molecule has 120 valence electrons. The van der Waals surface area contributed by atoms with Gasteiger partial charge in [-0.2, -0.15) is 19.1 Å². The average Bonchev–Trinajstić information content (AvgIpc) is 2.77. The lowest BCUT2D eigenvalue weighted by atomic mass is 10.4. The van der Waals surface area contributed by atoms with Crippen LogP contribution >= 0.6 is 15.9 Å². The Morgan fingerprint density at radius 3 is 2.82 bits per heavy atom. The molecule has 0 amide bonds. The lowest BCUT2D eigenvalue weighted by Gasteiger charge is -2.15. The Morgan fingerprint density at radius 2 is 2.18 bits per heavy atom. The summed E-state index contributed by atoms with van der Waals surface area (Å²) in [6, 6.07) is 1.09. The van der Waals surface area contributed by atoms with Crippen LogP contribution in [0.2, 0.25) is 19.1 Å². The van der Waals surface area contributed by atoms with Gasteiger partial charge in [0.15, 0.2) is 17.2 Å². The molecule has 2 heterocycles. The summed E-state index contributed by atoms with van der Waals surface area (Å²) < 4.78 is 12.8. The molecule has 0 aliphatic carbocycles. The molecule has 2 aromatic heterocycles. The van der Waals surface area contributed by atoms with Gasteiger partial charge in [0.2, 0.25) is 0 Å². The number of carbonyl (C=O) groups is 1. The fourth-order valence-electron chi connectivity index (χ4n) is 1.84. The van der Waals surface area contributed by atoms with Gasteiger partial charge in [0.1, 0.15) is 12.2 Å². The van der Waals surface area contributed by atoms with Crippen LogP contribution in [0.3, 0.4) is 0 Å². The van der Waals surface area contributed by atoms with E-state index in [1.54, 1.807) is 0 Å². The summed E-state index contributed by atoms with van der Waals surface area (Å²) in [6.45, 7) is 5.57. The second kappa shape index (κ2) is 7.21. The number of nitrogen functional groups attached to an aromatic ring is 1. The standard InChI is InChI=1S/C13H18BrN4O3Si/c1-20-13(19)10-11(15)17-12-9(16-10)8(14)6-18(12)7-21-4-5-22(2)3/h6H,4-5,7H2,1-3H3,(H2,15,17)/q-1. The van der Waals surface area contributed by atoms with Gasteiger partial charge in [0, 0.05) is 12.8 Å². The molecule has 0 aliphatic rings. The first kappa shape index (κ1) is 16.9. The van der Waals surface area contributed by atoms with E-state index >= 15 is 0 Å². The third-order valence-electron chi connectivity index (χ3n) is 3.03. The predicted octanol–water partition coefficient (Wildman–Crippen LogP) is 2.29. The smallest absolute Gasteiger partial charge is 0.360 e. The summed E-state index contributed by atoms with van der Waals surface area (Å²) in [4.78, 5) is 20.1. The number of nitrogens with two attached hydrogens (primary N) is 1. The molecule has 0 radical (unpaired) electrons. The summed E-state index contributed by atoms with van der Waals surface area (Å²) in [5.41, 5.74) is 6.92. The van der Waals surface area contributed by atoms with E-state index in [4.69, 9.17) is 10.5 Å². The van der Waals surface area contributed by atoms with Crippen molar-refractivity contribution in [3.63, 3.8) is 0 Å². The number of hydrogen-bond donors (Lipinski definition) is 1. The van der Waals surface area contributed by atoms with Crippen molar-refractivity contribution in [3.8, 4) is 0 Å². The molecule has 0 atom stereocenters. The van der Waals surface area contributed by atoms with Gasteiger partial charge in [-0.15, -0.1) is 0 Å². The van der Waals surface area contributed by atoms with Crippen LogP contribution in [-0.2, 0) is 16.2 Å². The van der Waals surface area contributed by atoms with Crippen molar-refractivity contribution in [2.45, 2.75) is 25.9 Å². The topological polar surface area (TPSA) is 92.3 Å². The molecule has 0 bridgehead atoms. The highest BCUT2D eigenvalue weighted by Crippen LogP contribution is 2.25. The van der Waals surface area contributed by atoms with E-state index in [1.165, 1.54) is 7.11 Å². The van der Waals surface area contributed by atoms with E-state index in [9.17, 15) is 4.79 Å². The molecule has 0 spiro atoms. The van der Waals surface area contributed by atoms with Crippen LogP contribution in [0.15, 0.2) is 10.7 Å². The van der Waals surface area contributed by atoms with Crippen molar-refractivity contribution in [1.82, 2.24) is 14.5 Å². The van der Waals surface area contributed by atoms with Crippen LogP contribution in [-0.4, -0.2) is 43.0 Å². The van der Waals surface area contributed by atoms with Crippen molar-refractivity contribution in [3.05, 3.63) is 16.4 Å². The molecular formula is C13H18BrN4O3Si-. The van der Waals surface area contributed by atoms with E-state index in [0.717, 1.165) is 10.5 Å². The zero-order valence-corrected chi connectivity index (χ0v) is 15.3. The van der Waals surface area contributed by atoms with Gasteiger partial charge in [0.25, 0.3) is 0 Å². The van der Waals surface area contributed by atoms with Gasteiger partial charge in [-0.25, -0.2) is 14.8 Å². The van der Waals surface area contributed by atoms with Crippen LogP contribution in [0.25, 0.3) is 11.2 Å². The summed E-state index contributed by atoms with van der Waals surface area (Å²) in [5.74, 6) is -0.567. The Bertz CT molecular complexity index is 689. The quantitative estimate of drug-likeness (QED) is 0.465. The maximum Gasteiger partial charge on any atom is 0.360 e. The Hall–Kier alpha value is -1.45. The molecule has 0 aromatic carbocycles. The molecule has 9 heteroatoms. The number of hydrogen-bond acceptors (Lipinski definition) is 6. The monoisotopic (exact) mass is 385 g/mol. The van der Waals surface area contributed by atoms with Crippen molar-refractivity contribution < 1.29 is 14.3 Å². The number of ether oxygens (including phenoxy) is 2. The third kappa shape index (κ3) is 3.65. The zero-order valence-electron chi connectivity index (χ0n) is 12.7. The molecule has 0 unspecified atom stereocenters. The highest BCUT2D eigenvalue weighted by Gasteiger charge is 2.18. The Labute approximate surface area is 138 Å². The third-order valence-corrected chi connectivity index (χ3v) is 4.81. The maximum absolute atomic E-state index is 11.6. The number of methoxy groups -OCH3 is 1. The molecule has 22 heavy (non-hydrogen) atoms. The van der Waals surface area contributed by atoms with Crippen molar-refractivity contribution in [2.75, 3.05) is 19.5 Å². The van der Waals surface area contributed by atoms with Gasteiger partial charge in [-0.3, -0.25) is 8.80 Å². The Balaban J connectivity index is 2.26. The number of fused-ring (bicyclic) bond motifs is 1. The first-order valence-electron chi connectivity index (χ1n) is 6.71. The van der Waals surface area contributed by atoms with Crippen LogP contribution < -0.4 is 5.73 Å². The molecule has 0 saturated carbocycles. The van der Waals surface area contributed by atoms with Gasteiger partial charge in [0.05, 0.1) is 11.6 Å². The molecule has 2 aromatic rings.